The quantitative estimate of drug-likeness (QED) is 0.685. The number of aliphatic hydroxyl groups excluding tert-OH is 1. The second-order valence-corrected chi connectivity index (χ2v) is 3.26. The van der Waals surface area contributed by atoms with Crippen LogP contribution in [0.25, 0.3) is 0 Å². The molecule has 2 N–H and O–H groups in total. The van der Waals surface area contributed by atoms with Crippen molar-refractivity contribution < 1.29 is 10.2 Å². The van der Waals surface area contributed by atoms with Crippen molar-refractivity contribution in [3.8, 4) is 0 Å². The van der Waals surface area contributed by atoms with Gasteiger partial charge in [0.1, 0.15) is 0 Å². The second kappa shape index (κ2) is 3.21. The molecule has 1 rings (SSSR count). The summed E-state index contributed by atoms with van der Waals surface area (Å²) in [6.07, 6.45) is 1.57. The monoisotopic (exact) mass is 167 g/mol. The van der Waals surface area contributed by atoms with E-state index in [1.807, 2.05) is 0 Å². The lowest BCUT2D eigenvalue weighted by molar-refractivity contribution is 0.0781. The van der Waals surface area contributed by atoms with Gasteiger partial charge in [0.25, 0.3) is 0 Å². The van der Waals surface area contributed by atoms with Crippen LogP contribution in [0, 0.1) is 0 Å². The zero-order chi connectivity index (χ0) is 9.19. The predicted octanol–water partition coefficient (Wildman–Crippen LogP) is 0.801. The first kappa shape index (κ1) is 9.16. The van der Waals surface area contributed by atoms with Gasteiger partial charge in [0.2, 0.25) is 0 Å². The number of hydrogen-bond donors (Lipinski definition) is 2. The van der Waals surface area contributed by atoms with Gasteiger partial charge >= 0.3 is 0 Å². The molecule has 12 heavy (non-hydrogen) atoms. The van der Waals surface area contributed by atoms with Crippen LogP contribution in [0.2, 0.25) is 0 Å². The fourth-order valence-corrected chi connectivity index (χ4v) is 0.880. The van der Waals surface area contributed by atoms with E-state index in [0.717, 1.165) is 5.56 Å². The molecule has 0 aliphatic rings. The maximum Gasteiger partial charge on any atom is 0.0855 e. The highest BCUT2D eigenvalue weighted by Crippen LogP contribution is 2.17. The number of pyridine rings is 1. The number of aromatic nitrogens is 1. The average molecular weight is 167 g/mol. The van der Waals surface area contributed by atoms with Crippen molar-refractivity contribution in [1.82, 2.24) is 4.98 Å². The molecule has 0 saturated carbocycles. The van der Waals surface area contributed by atoms with Gasteiger partial charge < -0.3 is 10.2 Å². The van der Waals surface area contributed by atoms with E-state index in [4.69, 9.17) is 5.11 Å². The van der Waals surface area contributed by atoms with Crippen LogP contribution in [0.3, 0.4) is 0 Å². The topological polar surface area (TPSA) is 53.4 Å². The molecule has 3 heteroatoms. The van der Waals surface area contributed by atoms with Crippen LogP contribution in [0.15, 0.2) is 18.3 Å². The highest BCUT2D eigenvalue weighted by molar-refractivity contribution is 5.18. The number of rotatable bonds is 2. The summed E-state index contributed by atoms with van der Waals surface area (Å²) in [6.45, 7) is 3.33. The van der Waals surface area contributed by atoms with Crippen molar-refractivity contribution in [3.63, 3.8) is 0 Å². The van der Waals surface area contributed by atoms with Gasteiger partial charge in [-0.2, -0.15) is 0 Å². The lowest BCUT2D eigenvalue weighted by Gasteiger charge is -2.16. The van der Waals surface area contributed by atoms with E-state index in [1.165, 1.54) is 0 Å². The van der Waals surface area contributed by atoms with Crippen LogP contribution >= 0.6 is 0 Å². The average Bonchev–Trinajstić information content (AvgIpc) is 2.03. The molecular weight excluding hydrogens is 154 g/mol. The van der Waals surface area contributed by atoms with Crippen molar-refractivity contribution in [2.45, 2.75) is 26.1 Å². The molecule has 0 bridgehead atoms. The Morgan fingerprint density at radius 3 is 2.42 bits per heavy atom. The smallest absolute Gasteiger partial charge is 0.0855 e. The van der Waals surface area contributed by atoms with E-state index in [0.29, 0.717) is 5.69 Å². The maximum atomic E-state index is 9.55. The normalized spacial score (nSPS) is 11.7. The molecule has 0 amide bonds. The molecular formula is C9H13NO2. The summed E-state index contributed by atoms with van der Waals surface area (Å²) in [5.41, 5.74) is 0.503. The van der Waals surface area contributed by atoms with Crippen molar-refractivity contribution in [2.24, 2.45) is 0 Å². The summed E-state index contributed by atoms with van der Waals surface area (Å²) in [7, 11) is 0. The fraction of sp³-hybridized carbons (Fsp3) is 0.444. The van der Waals surface area contributed by atoms with Gasteiger partial charge in [-0.3, -0.25) is 4.98 Å². The van der Waals surface area contributed by atoms with Gasteiger partial charge in [-0.15, -0.1) is 0 Å². The highest BCUT2D eigenvalue weighted by atomic mass is 16.3. The summed E-state index contributed by atoms with van der Waals surface area (Å²) >= 11 is 0. The molecule has 0 radical (unpaired) electrons. The van der Waals surface area contributed by atoms with Crippen LogP contribution in [-0.2, 0) is 12.2 Å². The Bertz CT molecular complexity index is 248. The molecule has 0 atom stereocenters. The minimum Gasteiger partial charge on any atom is -0.390 e. The van der Waals surface area contributed by atoms with Crippen molar-refractivity contribution >= 4 is 0 Å². The minimum absolute atomic E-state index is 0.0634. The van der Waals surface area contributed by atoms with Crippen LogP contribution in [-0.4, -0.2) is 15.2 Å². The fourth-order valence-electron chi connectivity index (χ4n) is 0.880. The van der Waals surface area contributed by atoms with E-state index < -0.39 is 5.60 Å². The number of aliphatic hydroxyl groups is 2. The molecule has 0 aromatic carbocycles. The van der Waals surface area contributed by atoms with E-state index >= 15 is 0 Å². The zero-order valence-corrected chi connectivity index (χ0v) is 7.28. The number of hydrogen-bond acceptors (Lipinski definition) is 3. The highest BCUT2D eigenvalue weighted by Gasteiger charge is 2.15. The molecule has 0 fully saturated rings. The summed E-state index contributed by atoms with van der Waals surface area (Å²) in [5.74, 6) is 0. The minimum atomic E-state index is -0.860. The first-order valence-corrected chi connectivity index (χ1v) is 3.82. The van der Waals surface area contributed by atoms with Gasteiger partial charge in [0.15, 0.2) is 0 Å². The molecule has 1 aromatic heterocycles. The molecule has 1 heterocycles. The summed E-state index contributed by atoms with van der Waals surface area (Å²) in [4.78, 5) is 3.95. The lowest BCUT2D eigenvalue weighted by atomic mass is 10.0. The largest absolute Gasteiger partial charge is 0.390 e. The predicted molar refractivity (Wildman–Crippen MR) is 45.4 cm³/mol. The molecule has 1 aromatic rings. The van der Waals surface area contributed by atoms with Crippen molar-refractivity contribution in [1.29, 1.82) is 0 Å². The molecule has 3 nitrogen and oxygen atoms in total. The van der Waals surface area contributed by atoms with Gasteiger partial charge in [0.05, 0.1) is 17.9 Å². The Hall–Kier alpha value is -0.930. The molecule has 0 spiro atoms. The van der Waals surface area contributed by atoms with Crippen molar-refractivity contribution in [2.75, 3.05) is 0 Å². The van der Waals surface area contributed by atoms with Gasteiger partial charge in [-0.1, -0.05) is 6.07 Å². The summed E-state index contributed by atoms with van der Waals surface area (Å²) < 4.78 is 0. The van der Waals surface area contributed by atoms with Crippen LogP contribution in [0.1, 0.15) is 25.1 Å². The Morgan fingerprint density at radius 1 is 1.42 bits per heavy atom. The van der Waals surface area contributed by atoms with Crippen molar-refractivity contribution in [3.05, 3.63) is 29.6 Å². The molecule has 66 valence electrons. The summed E-state index contributed by atoms with van der Waals surface area (Å²) in [6, 6.07) is 3.46. The Labute approximate surface area is 71.7 Å². The third kappa shape index (κ3) is 2.03. The standard InChI is InChI=1S/C9H13NO2/c1-9(2,12)7-3-4-8(6-11)10-5-7/h3-5,11-12H,6H2,1-2H3. The molecule has 0 aliphatic heterocycles. The third-order valence-corrected chi connectivity index (χ3v) is 1.69. The molecule has 0 aliphatic carbocycles. The third-order valence-electron chi connectivity index (χ3n) is 1.69. The van der Waals surface area contributed by atoms with E-state index in [9.17, 15) is 5.11 Å². The van der Waals surface area contributed by atoms with Crippen LogP contribution < -0.4 is 0 Å². The van der Waals surface area contributed by atoms with E-state index in [1.54, 1.807) is 32.2 Å². The zero-order valence-electron chi connectivity index (χ0n) is 7.28. The van der Waals surface area contributed by atoms with Crippen LogP contribution in [0.4, 0.5) is 0 Å². The van der Waals surface area contributed by atoms with Gasteiger partial charge in [0, 0.05) is 11.8 Å². The Morgan fingerprint density at radius 2 is 2.08 bits per heavy atom. The second-order valence-electron chi connectivity index (χ2n) is 3.26. The Balaban J connectivity index is 2.93. The maximum absolute atomic E-state index is 9.55. The Kier molecular flexibility index (Phi) is 2.45. The first-order chi connectivity index (χ1) is 5.54. The van der Waals surface area contributed by atoms with E-state index in [-0.39, 0.29) is 6.61 Å². The molecule has 0 saturated heterocycles. The van der Waals surface area contributed by atoms with Crippen LogP contribution in [0.5, 0.6) is 0 Å². The van der Waals surface area contributed by atoms with Gasteiger partial charge in [-0.25, -0.2) is 0 Å². The molecule has 0 unspecified atom stereocenters. The van der Waals surface area contributed by atoms with E-state index in [2.05, 4.69) is 4.98 Å². The number of nitrogens with zero attached hydrogens (tertiary/aromatic N) is 1. The summed E-state index contributed by atoms with van der Waals surface area (Å²) in [5, 5.41) is 18.3. The lowest BCUT2D eigenvalue weighted by Crippen LogP contribution is -2.15. The first-order valence-electron chi connectivity index (χ1n) is 3.82. The SMILES string of the molecule is CC(C)(O)c1ccc(CO)nc1. The van der Waals surface area contributed by atoms with Gasteiger partial charge in [-0.05, 0) is 19.9 Å².